The molecule has 0 spiro atoms. The first-order chi connectivity index (χ1) is 9.56. The van der Waals surface area contributed by atoms with Gasteiger partial charge in [0.1, 0.15) is 11.6 Å². The highest BCUT2D eigenvalue weighted by molar-refractivity contribution is 5.92. The molecule has 0 saturated carbocycles. The first-order valence-electron chi connectivity index (χ1n) is 7.51. The molecular formula is C15H27N3O2. The average Bonchev–Trinajstić information content (AvgIpc) is 2.79. The molecule has 20 heavy (non-hydrogen) atoms. The Kier molecular flexibility index (Phi) is 6.55. The second-order valence-corrected chi connectivity index (χ2v) is 5.18. The molecule has 1 atom stereocenters. The molecule has 0 fully saturated rings. The molecule has 0 aliphatic carbocycles. The van der Waals surface area contributed by atoms with E-state index in [1.54, 1.807) is 0 Å². The Hall–Kier alpha value is -1.52. The van der Waals surface area contributed by atoms with Gasteiger partial charge < -0.3 is 15.0 Å². The van der Waals surface area contributed by atoms with Crippen LogP contribution in [-0.2, 0) is 11.2 Å². The fourth-order valence-electron chi connectivity index (χ4n) is 2.48. The van der Waals surface area contributed by atoms with Crippen molar-refractivity contribution in [3.05, 3.63) is 11.5 Å². The number of hydrogen-bond donors (Lipinski definition) is 1. The SMILES string of the molecule is CCCCCCC(C)n1c(CC)nc(C(=O)OC)c1N. The van der Waals surface area contributed by atoms with Crippen molar-refractivity contribution >= 4 is 11.8 Å². The summed E-state index contributed by atoms with van der Waals surface area (Å²) in [6.45, 7) is 6.35. The van der Waals surface area contributed by atoms with E-state index in [0.717, 1.165) is 18.7 Å². The van der Waals surface area contributed by atoms with E-state index < -0.39 is 5.97 Å². The van der Waals surface area contributed by atoms with Gasteiger partial charge in [-0.25, -0.2) is 9.78 Å². The molecule has 1 heterocycles. The molecule has 1 unspecified atom stereocenters. The van der Waals surface area contributed by atoms with Crippen molar-refractivity contribution in [3.63, 3.8) is 0 Å². The van der Waals surface area contributed by atoms with Gasteiger partial charge >= 0.3 is 5.97 Å². The van der Waals surface area contributed by atoms with Gasteiger partial charge in [-0.15, -0.1) is 0 Å². The van der Waals surface area contributed by atoms with Gasteiger partial charge in [0.05, 0.1) is 7.11 Å². The lowest BCUT2D eigenvalue weighted by molar-refractivity contribution is 0.0595. The van der Waals surface area contributed by atoms with Crippen LogP contribution in [0.1, 0.15) is 75.2 Å². The largest absolute Gasteiger partial charge is 0.464 e. The maximum Gasteiger partial charge on any atom is 0.360 e. The second-order valence-electron chi connectivity index (χ2n) is 5.18. The Labute approximate surface area is 121 Å². The molecule has 1 aromatic rings. The number of aryl methyl sites for hydroxylation is 1. The standard InChI is InChI=1S/C15H27N3O2/c1-5-7-8-9-10-11(3)18-12(6-2)17-13(14(18)16)15(19)20-4/h11H,5-10,16H2,1-4H3. The number of hydrogen-bond acceptors (Lipinski definition) is 4. The van der Waals surface area contributed by atoms with E-state index in [2.05, 4.69) is 18.8 Å². The van der Waals surface area contributed by atoms with Crippen LogP contribution < -0.4 is 5.73 Å². The lowest BCUT2D eigenvalue weighted by Gasteiger charge is -2.17. The topological polar surface area (TPSA) is 70.1 Å². The van der Waals surface area contributed by atoms with E-state index in [4.69, 9.17) is 10.5 Å². The molecule has 0 aliphatic heterocycles. The van der Waals surface area contributed by atoms with E-state index in [1.165, 1.54) is 32.8 Å². The number of methoxy groups -OCH3 is 1. The van der Waals surface area contributed by atoms with Gasteiger partial charge in [0.25, 0.3) is 0 Å². The van der Waals surface area contributed by atoms with E-state index in [9.17, 15) is 4.79 Å². The van der Waals surface area contributed by atoms with Crippen LogP contribution in [0, 0.1) is 0 Å². The number of nitrogens with two attached hydrogens (primary N) is 1. The molecule has 0 aliphatic rings. The fourth-order valence-corrected chi connectivity index (χ4v) is 2.48. The Bertz CT molecular complexity index is 441. The summed E-state index contributed by atoms with van der Waals surface area (Å²) in [5, 5.41) is 0. The van der Waals surface area contributed by atoms with Gasteiger partial charge in [-0.3, -0.25) is 0 Å². The predicted molar refractivity (Wildman–Crippen MR) is 80.8 cm³/mol. The maximum absolute atomic E-state index is 11.7. The minimum atomic E-state index is -0.464. The van der Waals surface area contributed by atoms with Crippen molar-refractivity contribution in [3.8, 4) is 0 Å². The third-order valence-corrected chi connectivity index (χ3v) is 3.63. The monoisotopic (exact) mass is 281 g/mol. The van der Waals surface area contributed by atoms with Crippen LogP contribution in [0.15, 0.2) is 0 Å². The minimum Gasteiger partial charge on any atom is -0.464 e. The van der Waals surface area contributed by atoms with Crippen molar-refractivity contribution < 1.29 is 9.53 Å². The van der Waals surface area contributed by atoms with Gasteiger partial charge in [-0.05, 0) is 13.3 Å². The molecule has 5 nitrogen and oxygen atoms in total. The lowest BCUT2D eigenvalue weighted by Crippen LogP contribution is -2.13. The Balaban J connectivity index is 2.86. The smallest absolute Gasteiger partial charge is 0.360 e. The lowest BCUT2D eigenvalue weighted by atomic mass is 10.1. The van der Waals surface area contributed by atoms with Crippen LogP contribution in [0.25, 0.3) is 0 Å². The number of anilines is 1. The number of unbranched alkanes of at least 4 members (excludes halogenated alkanes) is 3. The van der Waals surface area contributed by atoms with E-state index in [-0.39, 0.29) is 11.7 Å². The van der Waals surface area contributed by atoms with Crippen LogP contribution in [0.5, 0.6) is 0 Å². The molecule has 0 bridgehead atoms. The maximum atomic E-state index is 11.7. The molecule has 2 N–H and O–H groups in total. The third-order valence-electron chi connectivity index (χ3n) is 3.63. The Morgan fingerprint density at radius 3 is 2.60 bits per heavy atom. The van der Waals surface area contributed by atoms with Crippen LogP contribution in [0.3, 0.4) is 0 Å². The first-order valence-corrected chi connectivity index (χ1v) is 7.51. The molecule has 1 aromatic heterocycles. The van der Waals surface area contributed by atoms with Crippen LogP contribution in [0.4, 0.5) is 5.82 Å². The van der Waals surface area contributed by atoms with E-state index >= 15 is 0 Å². The predicted octanol–water partition coefficient (Wildman–Crippen LogP) is 3.35. The van der Waals surface area contributed by atoms with Crippen molar-refractivity contribution in [2.75, 3.05) is 12.8 Å². The highest BCUT2D eigenvalue weighted by Crippen LogP contribution is 2.25. The van der Waals surface area contributed by atoms with Crippen molar-refractivity contribution in [1.29, 1.82) is 0 Å². The molecule has 114 valence electrons. The fraction of sp³-hybridized carbons (Fsp3) is 0.733. The highest BCUT2D eigenvalue weighted by Gasteiger charge is 2.22. The van der Waals surface area contributed by atoms with Crippen LogP contribution >= 0.6 is 0 Å². The molecule has 0 saturated heterocycles. The zero-order valence-corrected chi connectivity index (χ0v) is 13.1. The summed E-state index contributed by atoms with van der Waals surface area (Å²) in [6.07, 6.45) is 6.70. The van der Waals surface area contributed by atoms with Gasteiger partial charge in [-0.2, -0.15) is 0 Å². The van der Waals surface area contributed by atoms with Crippen molar-refractivity contribution in [2.24, 2.45) is 0 Å². The summed E-state index contributed by atoms with van der Waals surface area (Å²) in [4.78, 5) is 16.0. The van der Waals surface area contributed by atoms with Gasteiger partial charge in [0, 0.05) is 12.5 Å². The number of carbonyl (C=O) groups is 1. The van der Waals surface area contributed by atoms with Crippen molar-refractivity contribution in [2.45, 2.75) is 65.3 Å². The summed E-state index contributed by atoms with van der Waals surface area (Å²) in [7, 11) is 1.35. The van der Waals surface area contributed by atoms with E-state index in [1.807, 2.05) is 11.5 Å². The molecule has 5 heteroatoms. The molecule has 0 amide bonds. The minimum absolute atomic E-state index is 0.241. The number of imidazole rings is 1. The normalized spacial score (nSPS) is 12.4. The number of ether oxygens (including phenoxy) is 1. The number of nitrogens with zero attached hydrogens (tertiary/aromatic N) is 2. The summed E-state index contributed by atoms with van der Waals surface area (Å²) in [5.41, 5.74) is 6.33. The summed E-state index contributed by atoms with van der Waals surface area (Å²) in [6, 6.07) is 0.257. The van der Waals surface area contributed by atoms with E-state index in [0.29, 0.717) is 5.82 Å². The number of aromatic nitrogens is 2. The zero-order chi connectivity index (χ0) is 15.1. The Morgan fingerprint density at radius 2 is 2.05 bits per heavy atom. The zero-order valence-electron chi connectivity index (χ0n) is 13.1. The average molecular weight is 281 g/mol. The van der Waals surface area contributed by atoms with Crippen molar-refractivity contribution in [1.82, 2.24) is 9.55 Å². The third kappa shape index (κ3) is 3.74. The quantitative estimate of drug-likeness (QED) is 0.586. The Morgan fingerprint density at radius 1 is 1.35 bits per heavy atom. The summed E-state index contributed by atoms with van der Waals surface area (Å²) >= 11 is 0. The molecule has 0 radical (unpaired) electrons. The molecular weight excluding hydrogens is 254 g/mol. The first kappa shape index (κ1) is 16.5. The highest BCUT2D eigenvalue weighted by atomic mass is 16.5. The summed E-state index contributed by atoms with van der Waals surface area (Å²) in [5.74, 6) is 0.816. The molecule has 1 rings (SSSR count). The van der Waals surface area contributed by atoms with Crippen LogP contribution in [0.2, 0.25) is 0 Å². The molecule has 0 aromatic carbocycles. The van der Waals surface area contributed by atoms with Gasteiger partial charge in [-0.1, -0.05) is 39.5 Å². The van der Waals surface area contributed by atoms with Gasteiger partial charge in [0.15, 0.2) is 5.69 Å². The van der Waals surface area contributed by atoms with Crippen LogP contribution in [-0.4, -0.2) is 22.6 Å². The number of nitrogen functional groups attached to an aromatic ring is 1. The van der Waals surface area contributed by atoms with Gasteiger partial charge in [0.2, 0.25) is 0 Å². The second kappa shape index (κ2) is 7.92. The number of carbonyl (C=O) groups excluding carboxylic acids is 1. The number of rotatable bonds is 8. The summed E-state index contributed by atoms with van der Waals surface area (Å²) < 4.78 is 6.71. The number of esters is 1.